The van der Waals surface area contributed by atoms with Crippen molar-refractivity contribution in [1.82, 2.24) is 0 Å². The Morgan fingerprint density at radius 3 is 1.95 bits per heavy atom. The number of nitrogens with zero attached hydrogens (tertiary/aromatic N) is 3. The number of benzene rings is 2. The summed E-state index contributed by atoms with van der Waals surface area (Å²) in [4.78, 5) is 0. The van der Waals surface area contributed by atoms with Gasteiger partial charge in [0.15, 0.2) is 0 Å². The van der Waals surface area contributed by atoms with Crippen LogP contribution in [0.2, 0.25) is 0 Å². The summed E-state index contributed by atoms with van der Waals surface area (Å²) >= 11 is 0. The van der Waals surface area contributed by atoms with Crippen LogP contribution in [0.1, 0.15) is 16.7 Å². The minimum Gasteiger partial charge on any atom is -0.423 e. The minimum absolute atomic E-state index is 0.0216. The second kappa shape index (κ2) is 5.90. The molecule has 0 saturated heterocycles. The quantitative estimate of drug-likeness (QED) is 0.780. The molecular formula is C15H8BN3O2. The highest BCUT2D eigenvalue weighted by molar-refractivity contribution is 6.60. The molecule has 2 aromatic rings. The van der Waals surface area contributed by atoms with Gasteiger partial charge in [-0.05, 0) is 17.1 Å². The van der Waals surface area contributed by atoms with Gasteiger partial charge in [-0.2, -0.15) is 15.8 Å². The van der Waals surface area contributed by atoms with Gasteiger partial charge in [-0.1, -0.05) is 30.3 Å². The monoisotopic (exact) mass is 273 g/mol. The van der Waals surface area contributed by atoms with Crippen molar-refractivity contribution < 1.29 is 10.0 Å². The molecule has 0 fully saturated rings. The molecule has 5 nitrogen and oxygen atoms in total. The van der Waals surface area contributed by atoms with Gasteiger partial charge in [-0.25, -0.2) is 0 Å². The lowest BCUT2D eigenvalue weighted by Gasteiger charge is -2.13. The zero-order valence-electron chi connectivity index (χ0n) is 10.8. The minimum atomic E-state index is -1.85. The molecule has 21 heavy (non-hydrogen) atoms. The van der Waals surface area contributed by atoms with Crippen molar-refractivity contribution in [3.8, 4) is 29.3 Å². The zero-order valence-corrected chi connectivity index (χ0v) is 10.8. The second-order valence-electron chi connectivity index (χ2n) is 4.21. The molecule has 0 aliphatic rings. The van der Waals surface area contributed by atoms with Gasteiger partial charge in [0.1, 0.15) is 18.2 Å². The molecule has 0 aliphatic heterocycles. The molecule has 0 heterocycles. The van der Waals surface area contributed by atoms with E-state index in [0.717, 1.165) is 0 Å². The summed E-state index contributed by atoms with van der Waals surface area (Å²) in [6, 6.07) is 15.4. The Morgan fingerprint density at radius 1 is 0.857 bits per heavy atom. The maximum Gasteiger partial charge on any atom is 0.489 e. The molecule has 2 N–H and O–H groups in total. The lowest BCUT2D eigenvalue weighted by Crippen LogP contribution is -2.33. The van der Waals surface area contributed by atoms with Crippen molar-refractivity contribution in [2.75, 3.05) is 0 Å². The topological polar surface area (TPSA) is 112 Å². The SMILES string of the molecule is N#Cc1cc(B(O)O)c(-c2ccccc2)c(C#N)c1C#N. The molecular weight excluding hydrogens is 265 g/mol. The van der Waals surface area contributed by atoms with Crippen molar-refractivity contribution in [1.29, 1.82) is 15.8 Å². The molecule has 0 radical (unpaired) electrons. The van der Waals surface area contributed by atoms with Crippen LogP contribution in [0.3, 0.4) is 0 Å². The van der Waals surface area contributed by atoms with E-state index in [9.17, 15) is 20.6 Å². The molecule has 0 spiro atoms. The third-order valence-electron chi connectivity index (χ3n) is 3.04. The maximum atomic E-state index is 9.52. The number of rotatable bonds is 2. The molecule has 0 saturated carbocycles. The lowest BCUT2D eigenvalue weighted by atomic mass is 9.72. The van der Waals surface area contributed by atoms with Crippen LogP contribution in [0.5, 0.6) is 0 Å². The van der Waals surface area contributed by atoms with Crippen LogP contribution in [-0.2, 0) is 0 Å². The van der Waals surface area contributed by atoms with Gasteiger partial charge in [0, 0.05) is 5.56 Å². The zero-order chi connectivity index (χ0) is 15.4. The molecule has 2 rings (SSSR count). The van der Waals surface area contributed by atoms with E-state index >= 15 is 0 Å². The first-order valence-electron chi connectivity index (χ1n) is 5.96. The molecule has 0 amide bonds. The van der Waals surface area contributed by atoms with Crippen molar-refractivity contribution in [3.05, 3.63) is 53.1 Å². The molecule has 98 valence electrons. The Hall–Kier alpha value is -3.11. The number of hydrogen-bond donors (Lipinski definition) is 2. The fourth-order valence-electron chi connectivity index (χ4n) is 2.14. The lowest BCUT2D eigenvalue weighted by molar-refractivity contribution is 0.426. The Kier molecular flexibility index (Phi) is 4.02. The third kappa shape index (κ3) is 2.48. The van der Waals surface area contributed by atoms with Crippen LogP contribution < -0.4 is 5.46 Å². The van der Waals surface area contributed by atoms with E-state index in [4.69, 9.17) is 5.26 Å². The van der Waals surface area contributed by atoms with Gasteiger partial charge in [0.2, 0.25) is 0 Å². The summed E-state index contributed by atoms with van der Waals surface area (Å²) < 4.78 is 0. The Labute approximate surface area is 121 Å². The normalized spacial score (nSPS) is 9.29. The van der Waals surface area contributed by atoms with Crippen LogP contribution in [-0.4, -0.2) is 17.2 Å². The highest BCUT2D eigenvalue weighted by atomic mass is 16.4. The molecule has 0 aromatic heterocycles. The van der Waals surface area contributed by atoms with Gasteiger partial charge >= 0.3 is 7.12 Å². The summed E-state index contributed by atoms with van der Waals surface area (Å²) in [5.74, 6) is 0. The summed E-state index contributed by atoms with van der Waals surface area (Å²) in [5.41, 5.74) is 0.682. The molecule has 2 aromatic carbocycles. The largest absolute Gasteiger partial charge is 0.489 e. The van der Waals surface area contributed by atoms with Crippen molar-refractivity contribution in [3.63, 3.8) is 0 Å². The van der Waals surface area contributed by atoms with E-state index in [1.54, 1.807) is 36.4 Å². The van der Waals surface area contributed by atoms with Gasteiger partial charge in [0.05, 0.1) is 16.7 Å². The molecule has 6 heteroatoms. The van der Waals surface area contributed by atoms with Crippen LogP contribution in [0, 0.1) is 34.0 Å². The van der Waals surface area contributed by atoms with Gasteiger partial charge in [-0.3, -0.25) is 0 Å². The van der Waals surface area contributed by atoms with Crippen molar-refractivity contribution >= 4 is 12.6 Å². The Bertz CT molecular complexity index is 812. The van der Waals surface area contributed by atoms with E-state index in [2.05, 4.69) is 0 Å². The fraction of sp³-hybridized carbons (Fsp3) is 0. The highest BCUT2D eigenvalue weighted by Gasteiger charge is 2.25. The second-order valence-corrected chi connectivity index (χ2v) is 4.21. The van der Waals surface area contributed by atoms with Crippen LogP contribution >= 0.6 is 0 Å². The summed E-state index contributed by atoms with van der Waals surface area (Å²) in [6.07, 6.45) is 0. The first kappa shape index (κ1) is 14.3. The van der Waals surface area contributed by atoms with E-state index < -0.39 is 7.12 Å². The fourth-order valence-corrected chi connectivity index (χ4v) is 2.14. The molecule has 0 unspecified atom stereocenters. The predicted molar refractivity (Wildman–Crippen MR) is 75.8 cm³/mol. The molecule has 0 atom stereocenters. The Morgan fingerprint density at radius 2 is 1.48 bits per heavy atom. The Balaban J connectivity index is 2.96. The number of hydrogen-bond acceptors (Lipinski definition) is 5. The number of nitriles is 3. The van der Waals surface area contributed by atoms with Crippen LogP contribution in [0.4, 0.5) is 0 Å². The third-order valence-corrected chi connectivity index (χ3v) is 3.04. The van der Waals surface area contributed by atoms with Crippen LogP contribution in [0.15, 0.2) is 36.4 Å². The standard InChI is InChI=1S/C15H8BN3O2/c17-7-11-6-14(16(20)21)15(10-4-2-1-3-5-10)13(9-19)12(11)8-18/h1-6,20-21H. The molecule has 0 aliphatic carbocycles. The van der Waals surface area contributed by atoms with Gasteiger partial charge < -0.3 is 10.0 Å². The molecule has 0 bridgehead atoms. The first-order valence-corrected chi connectivity index (χ1v) is 5.96. The van der Waals surface area contributed by atoms with Crippen molar-refractivity contribution in [2.45, 2.75) is 0 Å². The van der Waals surface area contributed by atoms with Crippen molar-refractivity contribution in [2.24, 2.45) is 0 Å². The van der Waals surface area contributed by atoms with Gasteiger partial charge in [-0.15, -0.1) is 0 Å². The average molecular weight is 273 g/mol. The average Bonchev–Trinajstić information content (AvgIpc) is 2.53. The van der Waals surface area contributed by atoms with E-state index in [1.807, 2.05) is 12.1 Å². The summed E-state index contributed by atoms with van der Waals surface area (Å²) in [7, 11) is -1.85. The summed E-state index contributed by atoms with van der Waals surface area (Å²) in [5, 5.41) is 46.6. The van der Waals surface area contributed by atoms with Crippen LogP contribution in [0.25, 0.3) is 11.1 Å². The van der Waals surface area contributed by atoms with Gasteiger partial charge in [0.25, 0.3) is 0 Å². The summed E-state index contributed by atoms with van der Waals surface area (Å²) in [6.45, 7) is 0. The smallest absolute Gasteiger partial charge is 0.423 e. The highest BCUT2D eigenvalue weighted by Crippen LogP contribution is 2.26. The van der Waals surface area contributed by atoms with E-state index in [-0.39, 0.29) is 27.7 Å². The predicted octanol–water partition coefficient (Wildman–Crippen LogP) is 0.648. The maximum absolute atomic E-state index is 9.52. The van der Waals surface area contributed by atoms with E-state index in [1.165, 1.54) is 6.07 Å². The first-order chi connectivity index (χ1) is 10.1. The van der Waals surface area contributed by atoms with E-state index in [0.29, 0.717) is 5.56 Å².